The second kappa shape index (κ2) is 21.9. The van der Waals surface area contributed by atoms with Crippen LogP contribution in [0.25, 0.3) is 0 Å². The Morgan fingerprint density at radius 3 is 2.21 bits per heavy atom. The van der Waals surface area contributed by atoms with Gasteiger partial charge >= 0.3 is 12.1 Å². The Bertz CT molecular complexity index is 1680. The number of ketones is 1. The number of benzene rings is 1. The summed E-state index contributed by atoms with van der Waals surface area (Å²) >= 11 is 6.29. The third-order valence-corrected chi connectivity index (χ3v) is 14.0. The van der Waals surface area contributed by atoms with E-state index in [2.05, 4.69) is 5.32 Å². The monoisotopic (exact) mass is 914 g/mol. The van der Waals surface area contributed by atoms with E-state index in [4.69, 9.17) is 44.8 Å². The molecule has 17 heteroatoms. The molecule has 0 aliphatic carbocycles. The number of aliphatic hydroxyl groups is 4. The maximum absolute atomic E-state index is 14.4. The predicted octanol–water partition coefficient (Wildman–Crippen LogP) is 4.42. The molecule has 0 unspecified atom stereocenters. The van der Waals surface area contributed by atoms with Gasteiger partial charge in [0.2, 0.25) is 0 Å². The van der Waals surface area contributed by atoms with Gasteiger partial charge in [-0.05, 0) is 93.0 Å². The van der Waals surface area contributed by atoms with E-state index in [0.29, 0.717) is 17.9 Å². The van der Waals surface area contributed by atoms with Crippen LogP contribution < -0.4 is 5.32 Å². The molecule has 3 aliphatic rings. The molecule has 4 rings (SSSR count). The Hall–Kier alpha value is -2.48. The molecule has 0 radical (unpaired) electrons. The maximum Gasteiger partial charge on any atom is 0.407 e. The molecule has 3 fully saturated rings. The first-order valence-electron chi connectivity index (χ1n) is 22.4. The van der Waals surface area contributed by atoms with E-state index in [9.17, 15) is 34.8 Å². The van der Waals surface area contributed by atoms with Gasteiger partial charge in [0.05, 0.1) is 42.0 Å². The molecule has 0 bridgehead atoms. The van der Waals surface area contributed by atoms with Crippen LogP contribution in [0, 0.1) is 23.7 Å². The highest BCUT2D eigenvalue weighted by atomic mass is 35.5. The molecule has 3 saturated heterocycles. The fourth-order valence-electron chi connectivity index (χ4n) is 9.78. The number of rotatable bonds is 11. The van der Waals surface area contributed by atoms with E-state index in [-0.39, 0.29) is 38.0 Å². The smallest absolute Gasteiger partial charge is 0.407 e. The quantitative estimate of drug-likeness (QED) is 0.195. The molecular formula is C46H75ClN2O14. The minimum Gasteiger partial charge on any atom is -0.459 e. The van der Waals surface area contributed by atoms with Crippen LogP contribution in [0.3, 0.4) is 0 Å². The lowest BCUT2D eigenvalue weighted by Gasteiger charge is -2.49. The minimum atomic E-state index is -2.04. The molecular weight excluding hydrogens is 840 g/mol. The molecule has 1 aromatic rings. The highest BCUT2D eigenvalue weighted by molar-refractivity contribution is 6.31. The summed E-state index contributed by atoms with van der Waals surface area (Å²) in [7, 11) is 5.17. The van der Waals surface area contributed by atoms with Crippen molar-refractivity contribution in [3.05, 3.63) is 34.9 Å². The molecule has 3 aliphatic heterocycles. The van der Waals surface area contributed by atoms with Crippen molar-refractivity contribution in [3.63, 3.8) is 0 Å². The fraction of sp³-hybridized carbons (Fsp3) is 0.804. The molecule has 18 atom stereocenters. The summed E-state index contributed by atoms with van der Waals surface area (Å²) in [5.41, 5.74) is -4.17. The highest BCUT2D eigenvalue weighted by Gasteiger charge is 2.54. The van der Waals surface area contributed by atoms with Crippen molar-refractivity contribution < 1.29 is 68.0 Å². The first-order valence-corrected chi connectivity index (χ1v) is 22.7. The molecule has 0 saturated carbocycles. The van der Waals surface area contributed by atoms with Gasteiger partial charge in [-0.3, -0.25) is 9.59 Å². The van der Waals surface area contributed by atoms with Crippen molar-refractivity contribution in [3.8, 4) is 0 Å². The summed E-state index contributed by atoms with van der Waals surface area (Å²) in [5, 5.41) is 50.7. The van der Waals surface area contributed by atoms with Crippen molar-refractivity contribution in [1.82, 2.24) is 10.2 Å². The van der Waals surface area contributed by atoms with Gasteiger partial charge in [0.1, 0.15) is 29.2 Å². The third kappa shape index (κ3) is 12.5. The summed E-state index contributed by atoms with van der Waals surface area (Å²) < 4.78 is 44.0. The number of carbonyl (C=O) groups excluding carboxylic acids is 3. The minimum absolute atomic E-state index is 0.0205. The van der Waals surface area contributed by atoms with E-state index in [1.54, 1.807) is 47.6 Å². The van der Waals surface area contributed by atoms with E-state index in [1.807, 2.05) is 44.1 Å². The van der Waals surface area contributed by atoms with E-state index < -0.39 is 114 Å². The molecule has 1 aromatic carbocycles. The van der Waals surface area contributed by atoms with Crippen LogP contribution in [0.1, 0.15) is 100 Å². The van der Waals surface area contributed by atoms with Crippen LogP contribution in [-0.4, -0.2) is 155 Å². The van der Waals surface area contributed by atoms with Gasteiger partial charge in [0.15, 0.2) is 18.7 Å². The Balaban J connectivity index is 1.71. The molecule has 3 heterocycles. The maximum atomic E-state index is 14.4. The lowest BCUT2D eigenvalue weighted by Crippen LogP contribution is -2.61. The van der Waals surface area contributed by atoms with Crippen LogP contribution >= 0.6 is 11.6 Å². The number of nitrogens with one attached hydrogen (secondary N) is 1. The van der Waals surface area contributed by atoms with Crippen LogP contribution in [0.2, 0.25) is 5.02 Å². The number of hydrogen-bond donors (Lipinski definition) is 5. The molecule has 0 spiro atoms. The topological polar surface area (TPSA) is 212 Å². The predicted molar refractivity (Wildman–Crippen MR) is 234 cm³/mol. The number of methoxy groups -OCH3 is 1. The summed E-state index contributed by atoms with van der Waals surface area (Å²) in [6, 6.07) is 6.99. The van der Waals surface area contributed by atoms with Gasteiger partial charge in [-0.2, -0.15) is 0 Å². The number of ether oxygens (including phenoxy) is 7. The van der Waals surface area contributed by atoms with Crippen molar-refractivity contribution in [1.29, 1.82) is 0 Å². The van der Waals surface area contributed by atoms with Crippen molar-refractivity contribution in [2.45, 2.75) is 186 Å². The van der Waals surface area contributed by atoms with Gasteiger partial charge in [-0.15, -0.1) is 0 Å². The summed E-state index contributed by atoms with van der Waals surface area (Å²) in [6.07, 6.45) is -10.5. The average Bonchev–Trinajstić information content (AvgIpc) is 3.21. The summed E-state index contributed by atoms with van der Waals surface area (Å²) in [6.45, 7) is 16.6. The third-order valence-electron chi connectivity index (χ3n) is 13.6. The van der Waals surface area contributed by atoms with Crippen molar-refractivity contribution in [2.24, 2.45) is 23.7 Å². The normalized spacial score (nSPS) is 42.3. The number of likely N-dealkylation sites (N-methyl/N-ethyl adjacent to an activating group) is 1. The second-order valence-corrected chi connectivity index (χ2v) is 19.5. The van der Waals surface area contributed by atoms with E-state index >= 15 is 0 Å². The van der Waals surface area contributed by atoms with E-state index in [1.165, 1.54) is 27.9 Å². The lowest BCUT2D eigenvalue weighted by atomic mass is 9.74. The Labute approximate surface area is 378 Å². The highest BCUT2D eigenvalue weighted by Crippen LogP contribution is 2.41. The van der Waals surface area contributed by atoms with Crippen LogP contribution in [0.5, 0.6) is 0 Å². The number of amides is 1. The fourth-order valence-corrected chi connectivity index (χ4v) is 10.0. The molecule has 5 N–H and O–H groups in total. The van der Waals surface area contributed by atoms with Gasteiger partial charge in [-0.25, -0.2) is 4.79 Å². The number of alkyl carbamates (subject to hydrolysis) is 1. The summed E-state index contributed by atoms with van der Waals surface area (Å²) in [5.74, 6) is -5.23. The Kier molecular flexibility index (Phi) is 18.5. The zero-order valence-electron chi connectivity index (χ0n) is 39.4. The number of halogens is 1. The largest absolute Gasteiger partial charge is 0.459 e. The molecule has 63 heavy (non-hydrogen) atoms. The number of Topliss-reactive ketones (excluding diaryl/α,β-unsaturated/α-hetero) is 1. The van der Waals surface area contributed by atoms with Crippen LogP contribution in [-0.2, 0) is 49.2 Å². The van der Waals surface area contributed by atoms with Crippen LogP contribution in [0.4, 0.5) is 4.79 Å². The first kappa shape index (κ1) is 53.1. The lowest BCUT2D eigenvalue weighted by molar-refractivity contribution is -0.317. The van der Waals surface area contributed by atoms with E-state index in [0.717, 1.165) is 5.56 Å². The van der Waals surface area contributed by atoms with Gasteiger partial charge in [-0.1, -0.05) is 57.5 Å². The van der Waals surface area contributed by atoms with Crippen molar-refractivity contribution >= 4 is 29.4 Å². The standard InChI is InChI=1S/C46H75ClN2O14/c1-14-33-46(10,56)38(52)26(4)35(50)24(2)22-44(8,55)39(62-42-36(51)32(49(11)12)21-25(3)58-42)27(5)37(28(6)41(53)60-33)61-34-23-45(9,57-13)40(29(7)59-34)63-43(54)48-20-19-30-17-15-16-18-31(30)47/h15-18,24-29,32-34,36-40,42,51-52,55-56H,14,19-23H2,1-13H3,(H,48,54)/t24-,25-,26+,27+,28-,29+,32+,33-,34+,36-,37+,38-,39-,40+,42+,44+,45-,46-/m1/s1. The zero-order valence-corrected chi connectivity index (χ0v) is 40.2. The molecule has 360 valence electrons. The molecule has 16 nitrogen and oxygen atoms in total. The molecule has 0 aromatic heterocycles. The number of cyclic esters (lactones) is 1. The number of nitrogens with zero attached hydrogens (tertiary/aromatic N) is 1. The number of hydrogen-bond acceptors (Lipinski definition) is 15. The molecule has 1 amide bonds. The van der Waals surface area contributed by atoms with Crippen LogP contribution in [0.15, 0.2) is 24.3 Å². The van der Waals surface area contributed by atoms with Gasteiger partial charge < -0.3 is 63.8 Å². The second-order valence-electron chi connectivity index (χ2n) is 19.1. The van der Waals surface area contributed by atoms with Gasteiger partial charge in [0, 0.05) is 48.9 Å². The zero-order chi connectivity index (χ0) is 47.4. The SMILES string of the molecule is CC[C@H]1OC(=O)[C@H](C)[C@@H](O[C@H]2C[C@@](C)(OC)[C@@H](OC(=O)NCCc3ccccc3Cl)[C@H](C)O2)[C@H](C)[C@@H](O[C@@H]2O[C@H](C)C[C@H](N(C)C)[C@H]2O)[C@@](C)(O)C[C@@H](C)C(=O)[C@H](C)[C@@H](O)[C@]1(C)O. The first-order chi connectivity index (χ1) is 29.3. The summed E-state index contributed by atoms with van der Waals surface area (Å²) in [4.78, 5) is 43.4. The van der Waals surface area contributed by atoms with Crippen molar-refractivity contribution in [2.75, 3.05) is 27.7 Å². The Morgan fingerprint density at radius 2 is 1.60 bits per heavy atom. The number of aliphatic hydroxyl groups excluding tert-OH is 2. The average molecular weight is 916 g/mol. The van der Waals surface area contributed by atoms with Gasteiger partial charge in [0.25, 0.3) is 0 Å². The number of esters is 1. The number of carbonyl (C=O) groups is 3. The Morgan fingerprint density at radius 1 is 0.952 bits per heavy atom.